The Bertz CT molecular complexity index is 909. The molecule has 1 fully saturated rings. The third-order valence-electron chi connectivity index (χ3n) is 5.93. The first kappa shape index (κ1) is 21.3. The van der Waals surface area contributed by atoms with Crippen LogP contribution in [0.25, 0.3) is 0 Å². The molecule has 2 N–H and O–H groups in total. The van der Waals surface area contributed by atoms with Gasteiger partial charge in [-0.05, 0) is 41.8 Å². The minimum absolute atomic E-state index is 0.0894. The first-order valence-corrected chi connectivity index (χ1v) is 11.0. The summed E-state index contributed by atoms with van der Waals surface area (Å²) in [6, 6.07) is 16.2. The Hall–Kier alpha value is -2.90. The lowest BCUT2D eigenvalue weighted by molar-refractivity contribution is -0.862. The highest BCUT2D eigenvalue weighted by Crippen LogP contribution is 2.19. The fourth-order valence-corrected chi connectivity index (χ4v) is 4.20. The van der Waals surface area contributed by atoms with Crippen molar-refractivity contribution >= 4 is 23.2 Å². The van der Waals surface area contributed by atoms with Gasteiger partial charge in [0.1, 0.15) is 0 Å². The lowest BCUT2D eigenvalue weighted by Crippen LogP contribution is -3.11. The van der Waals surface area contributed by atoms with Crippen molar-refractivity contribution in [1.29, 1.82) is 0 Å². The predicted octanol–water partition coefficient (Wildman–Crippen LogP) is 0.561. The predicted molar refractivity (Wildman–Crippen MR) is 120 cm³/mol. The number of nitrogens with zero attached hydrogens (tertiary/aromatic N) is 2. The van der Waals surface area contributed by atoms with Gasteiger partial charge < -0.3 is 24.8 Å². The minimum Gasteiger partial charge on any atom is -0.378 e. The van der Waals surface area contributed by atoms with E-state index in [1.165, 1.54) is 11.1 Å². The molecule has 4 rings (SSSR count). The van der Waals surface area contributed by atoms with Gasteiger partial charge in [0.15, 0.2) is 13.1 Å². The van der Waals surface area contributed by atoms with E-state index in [9.17, 15) is 9.59 Å². The summed E-state index contributed by atoms with van der Waals surface area (Å²) in [6.45, 7) is 5.22. The molecule has 2 aromatic rings. The average molecular weight is 424 g/mol. The summed E-state index contributed by atoms with van der Waals surface area (Å²) in [5, 5.41) is 2.94. The van der Waals surface area contributed by atoms with Crippen LogP contribution in [-0.4, -0.2) is 69.7 Å². The molecule has 1 unspecified atom stereocenters. The number of anilines is 2. The monoisotopic (exact) mass is 423 g/mol. The molecular weight excluding hydrogens is 392 g/mol. The number of ether oxygens (including phenoxy) is 1. The number of quaternary nitrogens is 1. The van der Waals surface area contributed by atoms with Crippen LogP contribution < -0.4 is 15.1 Å². The Kier molecular flexibility index (Phi) is 6.84. The van der Waals surface area contributed by atoms with Gasteiger partial charge in [0.2, 0.25) is 0 Å². The molecule has 2 aromatic carbocycles. The smallest absolute Gasteiger partial charge is 0.279 e. The van der Waals surface area contributed by atoms with Crippen molar-refractivity contribution in [3.8, 4) is 0 Å². The van der Waals surface area contributed by atoms with Crippen LogP contribution in [0.1, 0.15) is 11.1 Å². The fraction of sp³-hybridized carbons (Fsp3) is 0.417. The quantitative estimate of drug-likeness (QED) is 0.713. The van der Waals surface area contributed by atoms with Crippen LogP contribution in [0.3, 0.4) is 0 Å². The minimum atomic E-state index is -0.0894. The van der Waals surface area contributed by atoms with E-state index in [4.69, 9.17) is 4.74 Å². The molecule has 2 aliphatic heterocycles. The first-order chi connectivity index (χ1) is 15.1. The maximum absolute atomic E-state index is 12.7. The highest BCUT2D eigenvalue weighted by Gasteiger charge is 2.23. The van der Waals surface area contributed by atoms with E-state index < -0.39 is 0 Å². The molecule has 1 saturated heterocycles. The highest BCUT2D eigenvalue weighted by atomic mass is 16.5. The number of morpholine rings is 1. The van der Waals surface area contributed by atoms with Crippen LogP contribution in [0.15, 0.2) is 48.5 Å². The molecule has 1 atom stereocenters. The Morgan fingerprint density at radius 3 is 2.42 bits per heavy atom. The second-order valence-electron chi connectivity index (χ2n) is 8.34. The highest BCUT2D eigenvalue weighted by molar-refractivity contribution is 5.91. The first-order valence-electron chi connectivity index (χ1n) is 11.0. The standard InChI is InChI=1S/C24H30N4O3/c1-26(18-24(30)28-11-10-19-4-2-3-5-20(19)16-28)17-23(29)25-21-6-8-22(9-7-21)27-12-14-31-15-13-27/h2-9H,10-18H2,1H3,(H,25,29)/p+1. The summed E-state index contributed by atoms with van der Waals surface area (Å²) in [4.78, 5) is 30.2. The van der Waals surface area contributed by atoms with Crippen molar-refractivity contribution < 1.29 is 19.2 Å². The number of hydrogen-bond donors (Lipinski definition) is 2. The van der Waals surface area contributed by atoms with Crippen molar-refractivity contribution in [3.63, 3.8) is 0 Å². The van der Waals surface area contributed by atoms with E-state index in [2.05, 4.69) is 22.3 Å². The van der Waals surface area contributed by atoms with Crippen LogP contribution in [0.4, 0.5) is 11.4 Å². The number of carbonyl (C=O) groups is 2. The van der Waals surface area contributed by atoms with Crippen LogP contribution in [-0.2, 0) is 27.3 Å². The van der Waals surface area contributed by atoms with Gasteiger partial charge in [0, 0.05) is 37.6 Å². The number of benzene rings is 2. The van der Waals surface area contributed by atoms with Gasteiger partial charge >= 0.3 is 0 Å². The second kappa shape index (κ2) is 9.94. The topological polar surface area (TPSA) is 66.3 Å². The van der Waals surface area contributed by atoms with E-state index in [0.29, 0.717) is 13.1 Å². The van der Waals surface area contributed by atoms with Crippen molar-refractivity contribution in [2.75, 3.05) is 63.2 Å². The number of amides is 2. The third-order valence-corrected chi connectivity index (χ3v) is 5.93. The number of carbonyl (C=O) groups excluding carboxylic acids is 2. The van der Waals surface area contributed by atoms with Crippen LogP contribution >= 0.6 is 0 Å². The largest absolute Gasteiger partial charge is 0.378 e. The van der Waals surface area contributed by atoms with Crippen molar-refractivity contribution in [3.05, 3.63) is 59.7 Å². The summed E-state index contributed by atoms with van der Waals surface area (Å²) < 4.78 is 5.39. The fourth-order valence-electron chi connectivity index (χ4n) is 4.20. The zero-order valence-corrected chi connectivity index (χ0v) is 18.1. The van der Waals surface area contributed by atoms with E-state index >= 15 is 0 Å². The summed E-state index contributed by atoms with van der Waals surface area (Å²) in [5.74, 6) is 0.00285. The molecule has 0 spiro atoms. The van der Waals surface area contributed by atoms with Crippen molar-refractivity contribution in [2.45, 2.75) is 13.0 Å². The summed E-state index contributed by atoms with van der Waals surface area (Å²) in [5.41, 5.74) is 4.45. The molecule has 2 amide bonds. The molecule has 164 valence electrons. The summed E-state index contributed by atoms with van der Waals surface area (Å²) >= 11 is 0. The molecule has 0 radical (unpaired) electrons. The second-order valence-corrected chi connectivity index (χ2v) is 8.34. The Morgan fingerprint density at radius 2 is 1.68 bits per heavy atom. The number of nitrogens with one attached hydrogen (secondary N) is 2. The van der Waals surface area contributed by atoms with Gasteiger partial charge in [0.05, 0.1) is 20.3 Å². The zero-order chi connectivity index (χ0) is 21.6. The van der Waals surface area contributed by atoms with E-state index in [0.717, 1.165) is 55.5 Å². The molecule has 0 saturated carbocycles. The Labute approximate surface area is 183 Å². The molecule has 0 bridgehead atoms. The number of likely N-dealkylation sites (N-methyl/N-ethyl adjacent to an activating group) is 1. The Balaban J connectivity index is 1.23. The molecule has 7 nitrogen and oxygen atoms in total. The summed E-state index contributed by atoms with van der Waals surface area (Å²) in [6.07, 6.45) is 0.891. The van der Waals surface area contributed by atoms with Gasteiger partial charge in [-0.15, -0.1) is 0 Å². The maximum Gasteiger partial charge on any atom is 0.279 e. The van der Waals surface area contributed by atoms with Crippen molar-refractivity contribution in [1.82, 2.24) is 4.90 Å². The number of rotatable bonds is 6. The number of hydrogen-bond acceptors (Lipinski definition) is 4. The Morgan fingerprint density at radius 1 is 0.968 bits per heavy atom. The molecule has 0 aliphatic carbocycles. The molecular formula is C24H31N4O3+. The van der Waals surface area contributed by atoms with Gasteiger partial charge in [0.25, 0.3) is 11.8 Å². The van der Waals surface area contributed by atoms with Crippen LogP contribution in [0.5, 0.6) is 0 Å². The molecule has 0 aromatic heterocycles. The van der Waals surface area contributed by atoms with Gasteiger partial charge in [-0.25, -0.2) is 0 Å². The van der Waals surface area contributed by atoms with E-state index in [1.54, 1.807) is 0 Å². The van der Waals surface area contributed by atoms with Crippen LogP contribution in [0, 0.1) is 0 Å². The average Bonchev–Trinajstić information content (AvgIpc) is 2.79. The molecule has 2 heterocycles. The van der Waals surface area contributed by atoms with Gasteiger partial charge in [-0.2, -0.15) is 0 Å². The normalized spacial score (nSPS) is 17.1. The summed E-state index contributed by atoms with van der Waals surface area (Å²) in [7, 11) is 1.89. The zero-order valence-electron chi connectivity index (χ0n) is 18.1. The molecule has 7 heteroatoms. The molecule has 31 heavy (non-hydrogen) atoms. The third kappa shape index (κ3) is 5.62. The lowest BCUT2D eigenvalue weighted by Gasteiger charge is -2.29. The number of fused-ring (bicyclic) bond motifs is 1. The van der Waals surface area contributed by atoms with E-state index in [1.807, 2.05) is 48.3 Å². The van der Waals surface area contributed by atoms with Gasteiger partial charge in [-0.1, -0.05) is 24.3 Å². The SMILES string of the molecule is C[NH+](CC(=O)Nc1ccc(N2CCOCC2)cc1)CC(=O)N1CCc2ccccc2C1. The van der Waals surface area contributed by atoms with Crippen molar-refractivity contribution in [2.24, 2.45) is 0 Å². The lowest BCUT2D eigenvalue weighted by atomic mass is 10.00. The molecule has 2 aliphatic rings. The van der Waals surface area contributed by atoms with Gasteiger partial charge in [-0.3, -0.25) is 9.59 Å². The van der Waals surface area contributed by atoms with E-state index in [-0.39, 0.29) is 18.4 Å². The van der Waals surface area contributed by atoms with Crippen LogP contribution in [0.2, 0.25) is 0 Å². The maximum atomic E-state index is 12.7.